The fraction of sp³-hybridized carbons (Fsp3) is 0.500. The van der Waals surface area contributed by atoms with Gasteiger partial charge in [-0.3, -0.25) is 10.1 Å². The zero-order valence-corrected chi connectivity index (χ0v) is 11.6. The minimum atomic E-state index is -3.38. The summed E-state index contributed by atoms with van der Waals surface area (Å²) in [7, 11) is -3.38. The van der Waals surface area contributed by atoms with Crippen LogP contribution in [0.5, 0.6) is 0 Å². The van der Waals surface area contributed by atoms with Crippen LogP contribution < -0.4 is 5.32 Å². The van der Waals surface area contributed by atoms with Crippen LogP contribution in [0.25, 0.3) is 0 Å². The maximum absolute atomic E-state index is 11.7. The number of hydrogen-bond acceptors (Lipinski definition) is 5. The van der Waals surface area contributed by atoms with Crippen molar-refractivity contribution in [3.8, 4) is 0 Å². The van der Waals surface area contributed by atoms with Gasteiger partial charge in [-0.2, -0.15) is 0 Å². The lowest BCUT2D eigenvalue weighted by molar-refractivity contribution is -0.523. The van der Waals surface area contributed by atoms with E-state index in [2.05, 4.69) is 5.32 Å². The van der Waals surface area contributed by atoms with Gasteiger partial charge in [-0.15, -0.1) is 0 Å². The van der Waals surface area contributed by atoms with Crippen molar-refractivity contribution in [2.75, 3.05) is 16.8 Å². The van der Waals surface area contributed by atoms with Crippen molar-refractivity contribution < 1.29 is 13.3 Å². The molecule has 7 heteroatoms. The van der Waals surface area contributed by atoms with Gasteiger partial charge in [0.25, 0.3) is 0 Å². The van der Waals surface area contributed by atoms with Gasteiger partial charge in [0.1, 0.15) is 11.3 Å². The van der Waals surface area contributed by atoms with E-state index in [0.717, 1.165) is 5.56 Å². The van der Waals surface area contributed by atoms with Crippen LogP contribution in [0.2, 0.25) is 0 Å². The summed E-state index contributed by atoms with van der Waals surface area (Å²) in [6, 6.07) is 6.20. The topological polar surface area (TPSA) is 89.3 Å². The zero-order valence-electron chi connectivity index (χ0n) is 10.8. The molecule has 6 nitrogen and oxygen atoms in total. The summed E-state index contributed by atoms with van der Waals surface area (Å²) in [6.07, 6.45) is 0. The Morgan fingerprint density at radius 3 is 2.47 bits per heavy atom. The smallest absolute Gasteiger partial charge is 0.250 e. The lowest BCUT2D eigenvalue weighted by Crippen LogP contribution is -2.49. The number of hydrogen-bond donors (Lipinski definition) is 1. The van der Waals surface area contributed by atoms with E-state index in [1.54, 1.807) is 19.1 Å². The average molecular weight is 284 g/mol. The highest BCUT2D eigenvalue weighted by atomic mass is 32.2. The normalized spacial score (nSPS) is 29.1. The highest BCUT2D eigenvalue weighted by Crippen LogP contribution is 2.29. The summed E-state index contributed by atoms with van der Waals surface area (Å²) >= 11 is 0. The monoisotopic (exact) mass is 284 g/mol. The number of nitrogens with zero attached hydrogens (tertiary/aromatic N) is 1. The van der Waals surface area contributed by atoms with Crippen LogP contribution in [0.15, 0.2) is 24.3 Å². The van der Waals surface area contributed by atoms with Crippen LogP contribution in [0.3, 0.4) is 0 Å². The summed E-state index contributed by atoms with van der Waals surface area (Å²) in [5, 5.41) is 14.1. The molecule has 1 aliphatic heterocycles. The van der Waals surface area contributed by atoms with E-state index in [9.17, 15) is 18.5 Å². The quantitative estimate of drug-likeness (QED) is 0.666. The van der Waals surface area contributed by atoms with Crippen molar-refractivity contribution in [1.82, 2.24) is 0 Å². The predicted octanol–water partition coefficient (Wildman–Crippen LogP) is 1.24. The molecule has 2 rings (SSSR count). The van der Waals surface area contributed by atoms with E-state index in [1.807, 2.05) is 19.1 Å². The molecular formula is C12H16N2O4S. The van der Waals surface area contributed by atoms with E-state index in [1.165, 1.54) is 0 Å². The molecule has 0 unspecified atom stereocenters. The summed E-state index contributed by atoms with van der Waals surface area (Å²) in [6.45, 7) is 3.52. The highest BCUT2D eigenvalue weighted by Gasteiger charge is 2.54. The predicted molar refractivity (Wildman–Crippen MR) is 72.6 cm³/mol. The van der Waals surface area contributed by atoms with Crippen LogP contribution in [-0.4, -0.2) is 36.4 Å². The summed E-state index contributed by atoms with van der Waals surface area (Å²) in [4.78, 5) is 10.5. The van der Waals surface area contributed by atoms with Crippen molar-refractivity contribution >= 4 is 15.5 Å². The van der Waals surface area contributed by atoms with Crippen molar-refractivity contribution in [1.29, 1.82) is 0 Å². The molecule has 1 aromatic rings. The molecular weight excluding hydrogens is 268 g/mol. The number of sulfone groups is 1. The first-order chi connectivity index (χ1) is 8.72. The first kappa shape index (κ1) is 13.8. The standard InChI is InChI=1S/C12H16N2O4S/c1-9-3-5-10(6-4-9)13-12(2)8-19(17,18)7-11(12)14(15)16/h3-6,11,13H,7-8H2,1-2H3/t11-,12-/m1/s1. The molecule has 0 radical (unpaired) electrons. The molecule has 1 saturated heterocycles. The number of nitro groups is 1. The lowest BCUT2D eigenvalue weighted by atomic mass is 9.96. The largest absolute Gasteiger partial charge is 0.373 e. The minimum absolute atomic E-state index is 0.223. The highest BCUT2D eigenvalue weighted by molar-refractivity contribution is 7.91. The fourth-order valence-corrected chi connectivity index (χ4v) is 4.68. The Bertz CT molecular complexity index is 597. The second-order valence-electron chi connectivity index (χ2n) is 5.26. The SMILES string of the molecule is Cc1ccc(N[C@]2(C)CS(=O)(=O)C[C@H]2[N+](=O)[O-])cc1. The Labute approximate surface area is 111 Å². The molecule has 1 heterocycles. The van der Waals surface area contributed by atoms with Crippen LogP contribution in [-0.2, 0) is 9.84 Å². The first-order valence-corrected chi connectivity index (χ1v) is 7.73. The van der Waals surface area contributed by atoms with Gasteiger partial charge in [-0.1, -0.05) is 17.7 Å². The number of nitrogens with one attached hydrogen (secondary N) is 1. The van der Waals surface area contributed by atoms with Crippen LogP contribution in [0, 0.1) is 17.0 Å². The number of rotatable bonds is 3. The van der Waals surface area contributed by atoms with Gasteiger partial charge in [0.2, 0.25) is 6.04 Å². The van der Waals surface area contributed by atoms with E-state index in [-0.39, 0.29) is 5.75 Å². The molecule has 0 saturated carbocycles. The molecule has 104 valence electrons. The maximum atomic E-state index is 11.7. The Balaban J connectivity index is 2.30. The zero-order chi connectivity index (χ0) is 14.3. The van der Waals surface area contributed by atoms with Gasteiger partial charge in [0, 0.05) is 10.6 Å². The summed E-state index contributed by atoms with van der Waals surface area (Å²) in [5.41, 5.74) is 0.690. The first-order valence-electron chi connectivity index (χ1n) is 5.91. The lowest BCUT2D eigenvalue weighted by Gasteiger charge is -2.27. The number of benzene rings is 1. The van der Waals surface area contributed by atoms with Gasteiger partial charge in [0.05, 0.1) is 5.75 Å². The number of aryl methyl sites for hydroxylation is 1. The van der Waals surface area contributed by atoms with E-state index in [4.69, 9.17) is 0 Å². The van der Waals surface area contributed by atoms with E-state index < -0.39 is 32.1 Å². The Kier molecular flexibility index (Phi) is 3.25. The van der Waals surface area contributed by atoms with Crippen LogP contribution in [0.4, 0.5) is 5.69 Å². The molecule has 0 aromatic heterocycles. The molecule has 1 fully saturated rings. The van der Waals surface area contributed by atoms with Crippen molar-refractivity contribution in [3.63, 3.8) is 0 Å². The van der Waals surface area contributed by atoms with Crippen molar-refractivity contribution in [3.05, 3.63) is 39.9 Å². The maximum Gasteiger partial charge on any atom is 0.250 e. The van der Waals surface area contributed by atoms with Crippen molar-refractivity contribution in [2.24, 2.45) is 0 Å². The number of anilines is 1. The Morgan fingerprint density at radius 1 is 1.37 bits per heavy atom. The van der Waals surface area contributed by atoms with Crippen LogP contribution in [0.1, 0.15) is 12.5 Å². The average Bonchev–Trinajstić information content (AvgIpc) is 2.52. The molecule has 1 aliphatic rings. The third-order valence-electron chi connectivity index (χ3n) is 3.40. The van der Waals surface area contributed by atoms with Gasteiger partial charge in [-0.05, 0) is 26.0 Å². The molecule has 19 heavy (non-hydrogen) atoms. The van der Waals surface area contributed by atoms with Gasteiger partial charge in [-0.25, -0.2) is 8.42 Å². The fourth-order valence-electron chi connectivity index (χ4n) is 2.42. The summed E-state index contributed by atoms with van der Waals surface area (Å²) in [5.74, 6) is -0.630. The van der Waals surface area contributed by atoms with E-state index >= 15 is 0 Å². The molecule has 0 aliphatic carbocycles. The molecule has 1 N–H and O–H groups in total. The van der Waals surface area contributed by atoms with Gasteiger partial charge in [0.15, 0.2) is 9.84 Å². The Hall–Kier alpha value is -1.63. The van der Waals surface area contributed by atoms with Crippen LogP contribution >= 0.6 is 0 Å². The second kappa shape index (κ2) is 4.48. The second-order valence-corrected chi connectivity index (χ2v) is 7.37. The molecule has 0 amide bonds. The third kappa shape index (κ3) is 2.86. The Morgan fingerprint density at radius 2 is 1.95 bits per heavy atom. The summed E-state index contributed by atoms with van der Waals surface area (Å²) < 4.78 is 23.3. The van der Waals surface area contributed by atoms with E-state index in [0.29, 0.717) is 5.69 Å². The minimum Gasteiger partial charge on any atom is -0.373 e. The molecule has 0 spiro atoms. The van der Waals surface area contributed by atoms with Gasteiger partial charge >= 0.3 is 0 Å². The van der Waals surface area contributed by atoms with Crippen molar-refractivity contribution in [2.45, 2.75) is 25.4 Å². The molecule has 1 aromatic carbocycles. The molecule has 2 atom stereocenters. The third-order valence-corrected chi connectivity index (χ3v) is 5.27. The molecule has 0 bridgehead atoms. The van der Waals surface area contributed by atoms with Gasteiger partial charge < -0.3 is 5.32 Å².